The molecule has 14 heavy (non-hydrogen) atoms. The Kier molecular flexibility index (Phi) is 2.96. The van der Waals surface area contributed by atoms with E-state index in [0.717, 1.165) is 6.42 Å². The number of aliphatic hydroxyl groups is 1. The van der Waals surface area contributed by atoms with E-state index in [-0.39, 0.29) is 0 Å². The molecule has 0 aromatic rings. The van der Waals surface area contributed by atoms with Crippen molar-refractivity contribution in [2.45, 2.75) is 63.9 Å². The fraction of sp³-hybridized carbons (Fsp3) is 0.846. The molecule has 0 aromatic heterocycles. The first-order chi connectivity index (χ1) is 6.71. The van der Waals surface area contributed by atoms with Crippen molar-refractivity contribution in [3.63, 3.8) is 0 Å². The molecule has 0 aliphatic heterocycles. The van der Waals surface area contributed by atoms with Gasteiger partial charge >= 0.3 is 0 Å². The summed E-state index contributed by atoms with van der Waals surface area (Å²) in [6, 6.07) is 0. The Bertz CT molecular complexity index is 223. The maximum Gasteiger partial charge on any atom is 0.0856 e. The summed E-state index contributed by atoms with van der Waals surface area (Å²) in [6.45, 7) is 2.03. The Morgan fingerprint density at radius 2 is 1.93 bits per heavy atom. The predicted molar refractivity (Wildman–Crippen MR) is 59.1 cm³/mol. The third-order valence-electron chi connectivity index (χ3n) is 3.81. The summed E-state index contributed by atoms with van der Waals surface area (Å²) < 4.78 is 0. The fourth-order valence-corrected chi connectivity index (χ4v) is 2.56. The zero-order valence-electron chi connectivity index (χ0n) is 9.26. The van der Waals surface area contributed by atoms with Crippen molar-refractivity contribution >= 4 is 0 Å². The summed E-state index contributed by atoms with van der Waals surface area (Å²) in [5.74, 6) is 0.563. The second kappa shape index (κ2) is 4.06. The van der Waals surface area contributed by atoms with E-state index >= 15 is 0 Å². The second-order valence-corrected chi connectivity index (χ2v) is 5.10. The minimum Gasteiger partial charge on any atom is -0.386 e. The SMILES string of the molecule is CC(O)(C1=CCCCCCC1)C1CC1. The van der Waals surface area contributed by atoms with Crippen LogP contribution in [0.2, 0.25) is 0 Å². The topological polar surface area (TPSA) is 20.2 Å². The zero-order valence-corrected chi connectivity index (χ0v) is 9.26. The van der Waals surface area contributed by atoms with Crippen LogP contribution in [0.1, 0.15) is 58.3 Å². The molecule has 0 saturated heterocycles. The lowest BCUT2D eigenvalue weighted by atomic mass is 9.85. The maximum absolute atomic E-state index is 10.4. The van der Waals surface area contributed by atoms with Crippen molar-refractivity contribution < 1.29 is 5.11 Å². The van der Waals surface area contributed by atoms with Crippen LogP contribution in [0.4, 0.5) is 0 Å². The van der Waals surface area contributed by atoms with Crippen molar-refractivity contribution in [1.29, 1.82) is 0 Å². The highest BCUT2D eigenvalue weighted by Crippen LogP contribution is 2.45. The Balaban J connectivity index is 2.05. The highest BCUT2D eigenvalue weighted by molar-refractivity contribution is 5.20. The molecule has 1 unspecified atom stereocenters. The summed E-state index contributed by atoms with van der Waals surface area (Å²) in [7, 11) is 0. The van der Waals surface area contributed by atoms with Crippen molar-refractivity contribution in [3.05, 3.63) is 11.6 Å². The molecular formula is C13H22O. The molecule has 0 amide bonds. The van der Waals surface area contributed by atoms with Crippen molar-refractivity contribution in [3.8, 4) is 0 Å². The quantitative estimate of drug-likeness (QED) is 0.668. The van der Waals surface area contributed by atoms with E-state index in [1.54, 1.807) is 0 Å². The molecule has 0 aromatic carbocycles. The predicted octanol–water partition coefficient (Wildman–Crippen LogP) is 3.43. The first kappa shape index (κ1) is 10.2. The number of allylic oxidation sites excluding steroid dienone is 1. The molecule has 2 aliphatic rings. The summed E-state index contributed by atoms with van der Waals surface area (Å²) in [4.78, 5) is 0. The minimum atomic E-state index is -0.475. The van der Waals surface area contributed by atoms with Gasteiger partial charge in [0.05, 0.1) is 5.60 Å². The molecule has 0 heterocycles. The first-order valence-corrected chi connectivity index (χ1v) is 6.13. The van der Waals surface area contributed by atoms with E-state index in [1.165, 1.54) is 50.5 Å². The van der Waals surface area contributed by atoms with Crippen LogP contribution < -0.4 is 0 Å². The zero-order chi connectivity index (χ0) is 10.0. The largest absolute Gasteiger partial charge is 0.386 e. The van der Waals surface area contributed by atoms with Gasteiger partial charge in [-0.3, -0.25) is 0 Å². The van der Waals surface area contributed by atoms with Crippen LogP contribution in [0.25, 0.3) is 0 Å². The standard InChI is InChI=1S/C13H22O/c1-13(14,12-9-10-12)11-7-5-3-2-4-6-8-11/h7,12,14H,2-6,8-10H2,1H3. The monoisotopic (exact) mass is 194 g/mol. The van der Waals surface area contributed by atoms with Crippen LogP contribution in [0, 0.1) is 5.92 Å². The molecule has 1 nitrogen and oxygen atoms in total. The molecular weight excluding hydrogens is 172 g/mol. The number of hydrogen-bond acceptors (Lipinski definition) is 1. The molecule has 1 atom stereocenters. The molecule has 1 fully saturated rings. The smallest absolute Gasteiger partial charge is 0.0856 e. The van der Waals surface area contributed by atoms with Gasteiger partial charge in [-0.2, -0.15) is 0 Å². The van der Waals surface area contributed by atoms with Crippen LogP contribution >= 0.6 is 0 Å². The van der Waals surface area contributed by atoms with Gasteiger partial charge in [0.1, 0.15) is 0 Å². The summed E-state index contributed by atoms with van der Waals surface area (Å²) >= 11 is 0. The lowest BCUT2D eigenvalue weighted by Gasteiger charge is -2.28. The Morgan fingerprint density at radius 1 is 1.21 bits per heavy atom. The Labute approximate surface area is 87.2 Å². The highest BCUT2D eigenvalue weighted by Gasteiger charge is 2.41. The van der Waals surface area contributed by atoms with Gasteiger partial charge in [0, 0.05) is 0 Å². The number of rotatable bonds is 2. The highest BCUT2D eigenvalue weighted by atomic mass is 16.3. The summed E-state index contributed by atoms with van der Waals surface area (Å²) in [5, 5.41) is 10.4. The Morgan fingerprint density at radius 3 is 2.64 bits per heavy atom. The molecule has 0 spiro atoms. The van der Waals surface area contributed by atoms with Crippen LogP contribution in [-0.4, -0.2) is 10.7 Å². The molecule has 2 rings (SSSR count). The van der Waals surface area contributed by atoms with E-state index in [4.69, 9.17) is 0 Å². The van der Waals surface area contributed by atoms with Gasteiger partial charge < -0.3 is 5.11 Å². The molecule has 0 radical (unpaired) electrons. The number of hydrogen-bond donors (Lipinski definition) is 1. The van der Waals surface area contributed by atoms with Gasteiger partial charge in [-0.05, 0) is 56.9 Å². The van der Waals surface area contributed by atoms with Crippen LogP contribution in [0.3, 0.4) is 0 Å². The fourth-order valence-electron chi connectivity index (χ4n) is 2.56. The second-order valence-electron chi connectivity index (χ2n) is 5.10. The lowest BCUT2D eigenvalue weighted by Crippen LogP contribution is -2.30. The molecule has 1 saturated carbocycles. The molecule has 80 valence electrons. The maximum atomic E-state index is 10.4. The van der Waals surface area contributed by atoms with Gasteiger partial charge in [0.2, 0.25) is 0 Å². The minimum absolute atomic E-state index is 0.475. The van der Waals surface area contributed by atoms with Crippen molar-refractivity contribution in [2.75, 3.05) is 0 Å². The van der Waals surface area contributed by atoms with Crippen LogP contribution in [0.15, 0.2) is 11.6 Å². The van der Waals surface area contributed by atoms with E-state index < -0.39 is 5.60 Å². The normalized spacial score (nSPS) is 28.6. The van der Waals surface area contributed by atoms with Gasteiger partial charge in [0.15, 0.2) is 0 Å². The lowest BCUT2D eigenvalue weighted by molar-refractivity contribution is 0.0702. The molecule has 2 aliphatic carbocycles. The molecule has 1 N–H and O–H groups in total. The molecule has 0 bridgehead atoms. The van der Waals surface area contributed by atoms with Crippen LogP contribution in [-0.2, 0) is 0 Å². The van der Waals surface area contributed by atoms with E-state index in [2.05, 4.69) is 6.08 Å². The average molecular weight is 194 g/mol. The van der Waals surface area contributed by atoms with Gasteiger partial charge in [0.25, 0.3) is 0 Å². The van der Waals surface area contributed by atoms with E-state index in [9.17, 15) is 5.11 Å². The van der Waals surface area contributed by atoms with Crippen molar-refractivity contribution in [2.24, 2.45) is 5.92 Å². The van der Waals surface area contributed by atoms with Gasteiger partial charge in [-0.1, -0.05) is 18.9 Å². The van der Waals surface area contributed by atoms with Gasteiger partial charge in [-0.25, -0.2) is 0 Å². The van der Waals surface area contributed by atoms with Crippen molar-refractivity contribution in [1.82, 2.24) is 0 Å². The van der Waals surface area contributed by atoms with E-state index in [1.807, 2.05) is 6.92 Å². The third-order valence-corrected chi connectivity index (χ3v) is 3.81. The Hall–Kier alpha value is -0.300. The summed E-state index contributed by atoms with van der Waals surface area (Å²) in [6.07, 6.45) is 12.4. The molecule has 1 heteroatoms. The van der Waals surface area contributed by atoms with E-state index in [0.29, 0.717) is 5.92 Å². The third kappa shape index (κ3) is 2.20. The average Bonchev–Trinajstić information content (AvgIpc) is 2.83. The van der Waals surface area contributed by atoms with Crippen LogP contribution in [0.5, 0.6) is 0 Å². The van der Waals surface area contributed by atoms with Gasteiger partial charge in [-0.15, -0.1) is 0 Å². The summed E-state index contributed by atoms with van der Waals surface area (Å²) in [5.41, 5.74) is 0.858. The first-order valence-electron chi connectivity index (χ1n) is 6.13.